The summed E-state index contributed by atoms with van der Waals surface area (Å²) in [4.78, 5) is 8.36. The molecule has 2 nitrogen and oxygen atoms in total. The Morgan fingerprint density at radius 3 is 2.50 bits per heavy atom. The third-order valence-electron chi connectivity index (χ3n) is 1.50. The van der Waals surface area contributed by atoms with Gasteiger partial charge in [-0.3, -0.25) is 4.98 Å². The molecule has 1 heterocycles. The van der Waals surface area contributed by atoms with Crippen LogP contribution in [0.4, 0.5) is 0 Å². The number of aromatic nitrogens is 2. The molecule has 12 heavy (non-hydrogen) atoms. The van der Waals surface area contributed by atoms with Crippen LogP contribution in [0.3, 0.4) is 0 Å². The molecule has 54 valence electrons. The Hall–Kier alpha value is -0.973. The molecule has 0 unspecified atom stereocenters. The molecule has 0 saturated heterocycles. The van der Waals surface area contributed by atoms with Gasteiger partial charge in [0.1, 0.15) is 0 Å². The fourth-order valence-corrected chi connectivity index (χ4v) is 0.996. The van der Waals surface area contributed by atoms with Crippen molar-refractivity contribution >= 4 is 11.0 Å². The van der Waals surface area contributed by atoms with Crippen LogP contribution < -0.4 is 18.9 Å². The molecule has 0 N–H and O–H groups in total. The molecule has 0 aliphatic carbocycles. The Morgan fingerprint density at radius 1 is 1.08 bits per heavy atom. The van der Waals surface area contributed by atoms with E-state index in [1.807, 2.05) is 24.3 Å². The van der Waals surface area contributed by atoms with E-state index in [1.54, 1.807) is 6.20 Å². The number of hydrogen-bond donors (Lipinski definition) is 0. The fraction of sp³-hybridized carbons (Fsp3) is 0. The van der Waals surface area contributed by atoms with Gasteiger partial charge in [0.2, 0.25) is 0 Å². The summed E-state index contributed by atoms with van der Waals surface area (Å²) in [5, 5.41) is 0. The average Bonchev–Trinajstić information content (AvgIpc) is 2.04. The summed E-state index contributed by atoms with van der Waals surface area (Å²) in [6.07, 6.45) is 1.67. The fourth-order valence-electron chi connectivity index (χ4n) is 0.996. The van der Waals surface area contributed by atoms with Crippen LogP contribution >= 0.6 is 0 Å². The van der Waals surface area contributed by atoms with Gasteiger partial charge in [0.15, 0.2) is 0 Å². The van der Waals surface area contributed by atoms with Crippen LogP contribution in [0.1, 0.15) is 5.69 Å². The predicted octanol–water partition coefficient (Wildman–Crippen LogP) is -1.18. The predicted molar refractivity (Wildman–Crippen MR) is 44.0 cm³/mol. The first-order valence-corrected chi connectivity index (χ1v) is 3.40. The second-order valence-corrected chi connectivity index (χ2v) is 2.35. The smallest absolute Gasteiger partial charge is 0.348 e. The van der Waals surface area contributed by atoms with Gasteiger partial charge in [-0.25, -0.2) is 6.92 Å². The van der Waals surface area contributed by atoms with E-state index in [9.17, 15) is 0 Å². The van der Waals surface area contributed by atoms with Gasteiger partial charge in [0.05, 0.1) is 11.0 Å². The number of benzene rings is 1. The quantitative estimate of drug-likeness (QED) is 0.349. The van der Waals surface area contributed by atoms with Crippen molar-refractivity contribution in [3.8, 4) is 0 Å². The van der Waals surface area contributed by atoms with Gasteiger partial charge in [0.25, 0.3) is 0 Å². The number of fused-ring (bicyclic) bond motifs is 1. The Labute approximate surface area is 83.2 Å². The number of para-hydroxylation sites is 2. The van der Waals surface area contributed by atoms with Gasteiger partial charge in [-0.2, -0.15) is 0 Å². The minimum Gasteiger partial charge on any atom is -0.348 e. The SMILES string of the molecule is [CH2-]c1cnc2ccccc2n1.[Li+]. The first-order valence-electron chi connectivity index (χ1n) is 3.40. The molecule has 0 spiro atoms. The van der Waals surface area contributed by atoms with Crippen molar-refractivity contribution in [1.82, 2.24) is 9.97 Å². The van der Waals surface area contributed by atoms with Crippen molar-refractivity contribution in [2.45, 2.75) is 0 Å². The van der Waals surface area contributed by atoms with E-state index >= 15 is 0 Å². The summed E-state index contributed by atoms with van der Waals surface area (Å²) in [5.41, 5.74) is 2.53. The standard InChI is InChI=1S/C9H7N2.Li/c1-7-6-10-8-4-2-3-5-9(8)11-7;/h2-6H,1H2;/q-1;+1. The molecular weight excluding hydrogens is 143 g/mol. The van der Waals surface area contributed by atoms with Gasteiger partial charge in [-0.05, 0) is 12.1 Å². The molecule has 3 heteroatoms. The van der Waals surface area contributed by atoms with Crippen LogP contribution in [0, 0.1) is 6.92 Å². The van der Waals surface area contributed by atoms with E-state index in [-0.39, 0.29) is 18.9 Å². The van der Waals surface area contributed by atoms with Crippen molar-refractivity contribution < 1.29 is 18.9 Å². The first-order chi connectivity index (χ1) is 5.36. The van der Waals surface area contributed by atoms with Crippen molar-refractivity contribution in [1.29, 1.82) is 0 Å². The zero-order valence-corrected chi connectivity index (χ0v) is 6.99. The van der Waals surface area contributed by atoms with Crippen LogP contribution in [0.25, 0.3) is 11.0 Å². The van der Waals surface area contributed by atoms with Gasteiger partial charge < -0.3 is 4.98 Å². The molecule has 0 fully saturated rings. The van der Waals surface area contributed by atoms with Crippen LogP contribution in [0.5, 0.6) is 0 Å². The molecule has 0 aliphatic rings. The van der Waals surface area contributed by atoms with Gasteiger partial charge in [0, 0.05) is 0 Å². The molecule has 1 aromatic carbocycles. The van der Waals surface area contributed by atoms with Crippen molar-refractivity contribution in [3.63, 3.8) is 0 Å². The van der Waals surface area contributed by atoms with E-state index < -0.39 is 0 Å². The van der Waals surface area contributed by atoms with E-state index in [1.165, 1.54) is 0 Å². The summed E-state index contributed by atoms with van der Waals surface area (Å²) in [6, 6.07) is 7.75. The monoisotopic (exact) mass is 150 g/mol. The average molecular weight is 150 g/mol. The van der Waals surface area contributed by atoms with E-state index in [0.29, 0.717) is 5.69 Å². The molecule has 1 aromatic heterocycles. The van der Waals surface area contributed by atoms with Crippen LogP contribution in [0.15, 0.2) is 30.5 Å². The number of hydrogen-bond acceptors (Lipinski definition) is 2. The Bertz CT molecular complexity index is 387. The molecule has 0 saturated carbocycles. The normalized spacial score (nSPS) is 9.33. The number of nitrogens with zero attached hydrogens (tertiary/aromatic N) is 2. The maximum Gasteiger partial charge on any atom is 1.00 e. The van der Waals surface area contributed by atoms with E-state index in [2.05, 4.69) is 16.9 Å². The molecular formula is C9H7LiN2. The first kappa shape index (κ1) is 9.12. The van der Waals surface area contributed by atoms with E-state index in [4.69, 9.17) is 0 Å². The Balaban J connectivity index is 0.000000720. The van der Waals surface area contributed by atoms with Crippen molar-refractivity contribution in [3.05, 3.63) is 43.1 Å². The Kier molecular flexibility index (Phi) is 2.75. The molecule has 0 radical (unpaired) electrons. The molecule has 2 aromatic rings. The zero-order chi connectivity index (χ0) is 7.68. The minimum absolute atomic E-state index is 0. The van der Waals surface area contributed by atoms with E-state index in [0.717, 1.165) is 11.0 Å². The summed E-state index contributed by atoms with van der Waals surface area (Å²) >= 11 is 0. The third-order valence-corrected chi connectivity index (χ3v) is 1.50. The van der Waals surface area contributed by atoms with Crippen LogP contribution in [-0.2, 0) is 0 Å². The molecule has 0 atom stereocenters. The second-order valence-electron chi connectivity index (χ2n) is 2.35. The topological polar surface area (TPSA) is 25.8 Å². The van der Waals surface area contributed by atoms with Crippen molar-refractivity contribution in [2.24, 2.45) is 0 Å². The van der Waals surface area contributed by atoms with Gasteiger partial charge >= 0.3 is 18.9 Å². The second kappa shape index (κ2) is 3.62. The van der Waals surface area contributed by atoms with Gasteiger partial charge in [-0.15, -0.1) is 0 Å². The molecule has 0 amide bonds. The van der Waals surface area contributed by atoms with Crippen LogP contribution in [0.2, 0.25) is 0 Å². The van der Waals surface area contributed by atoms with Crippen molar-refractivity contribution in [2.75, 3.05) is 0 Å². The third kappa shape index (κ3) is 1.61. The summed E-state index contributed by atoms with van der Waals surface area (Å²) in [6.45, 7) is 3.70. The largest absolute Gasteiger partial charge is 1.00 e. The summed E-state index contributed by atoms with van der Waals surface area (Å²) < 4.78 is 0. The van der Waals surface area contributed by atoms with Crippen LogP contribution in [-0.4, -0.2) is 9.97 Å². The molecule has 2 rings (SSSR count). The molecule has 0 bridgehead atoms. The maximum absolute atomic E-state index is 4.20. The molecule has 0 aliphatic heterocycles. The minimum atomic E-state index is 0. The zero-order valence-electron chi connectivity index (χ0n) is 6.99. The summed E-state index contributed by atoms with van der Waals surface area (Å²) in [7, 11) is 0. The Morgan fingerprint density at radius 2 is 1.75 bits per heavy atom. The summed E-state index contributed by atoms with van der Waals surface area (Å²) in [5.74, 6) is 0. The van der Waals surface area contributed by atoms with Gasteiger partial charge in [-0.1, -0.05) is 24.0 Å². The number of rotatable bonds is 0. The maximum atomic E-state index is 4.20.